The number of anilines is 1. The highest BCUT2D eigenvalue weighted by molar-refractivity contribution is 7.94. The fourth-order valence-corrected chi connectivity index (χ4v) is 2.40. The van der Waals surface area contributed by atoms with E-state index in [1.165, 1.54) is 7.11 Å². The summed E-state index contributed by atoms with van der Waals surface area (Å²) in [5, 5.41) is 11.3. The molecule has 0 bridgehead atoms. The third-order valence-electron chi connectivity index (χ3n) is 2.99. The number of methoxy groups -OCH3 is 1. The molecular weight excluding hydrogens is 298 g/mol. The van der Waals surface area contributed by atoms with Crippen LogP contribution < -0.4 is 10.1 Å². The molecule has 21 heavy (non-hydrogen) atoms. The minimum atomic E-state index is -4.13. The summed E-state index contributed by atoms with van der Waals surface area (Å²) >= 11 is 0. The highest BCUT2D eigenvalue weighted by Gasteiger charge is 2.42. The second kappa shape index (κ2) is 6.13. The van der Waals surface area contributed by atoms with Crippen molar-refractivity contribution in [3.63, 3.8) is 0 Å². The molecule has 2 N–H and O–H groups in total. The Balaban J connectivity index is 2.79. The molecule has 0 aliphatic carbocycles. The number of carbonyl (C=O) groups is 2. The van der Waals surface area contributed by atoms with E-state index in [2.05, 4.69) is 5.32 Å². The third-order valence-corrected chi connectivity index (χ3v) is 5.36. The Labute approximate surface area is 122 Å². The molecule has 0 atom stereocenters. The molecule has 0 saturated carbocycles. The number of carboxylic acid groups (broad SMARTS) is 1. The Morgan fingerprint density at radius 2 is 1.76 bits per heavy atom. The van der Waals surface area contributed by atoms with Crippen molar-refractivity contribution in [2.75, 3.05) is 18.2 Å². The van der Waals surface area contributed by atoms with E-state index in [1.54, 1.807) is 24.3 Å². The van der Waals surface area contributed by atoms with E-state index < -0.39 is 32.2 Å². The van der Waals surface area contributed by atoms with Crippen molar-refractivity contribution in [2.45, 2.75) is 18.6 Å². The van der Waals surface area contributed by atoms with Gasteiger partial charge in [0.05, 0.1) is 7.11 Å². The predicted octanol–water partition coefficient (Wildman–Crippen LogP) is 0.912. The molecule has 0 unspecified atom stereocenters. The van der Waals surface area contributed by atoms with Gasteiger partial charge in [0.1, 0.15) is 11.5 Å². The summed E-state index contributed by atoms with van der Waals surface area (Å²) in [6.45, 7) is 2.09. The van der Waals surface area contributed by atoms with Crippen LogP contribution in [0.5, 0.6) is 5.75 Å². The molecule has 0 fully saturated rings. The van der Waals surface area contributed by atoms with Crippen LogP contribution in [0.4, 0.5) is 5.69 Å². The van der Waals surface area contributed by atoms with Crippen LogP contribution in [0.1, 0.15) is 13.8 Å². The second-order valence-corrected chi connectivity index (χ2v) is 7.39. The summed E-state index contributed by atoms with van der Waals surface area (Å²) in [5.41, 5.74) is 0.393. The molecule has 0 aromatic heterocycles. The van der Waals surface area contributed by atoms with E-state index in [0.717, 1.165) is 13.8 Å². The number of nitrogens with one attached hydrogen (secondary N) is 1. The predicted molar refractivity (Wildman–Crippen MR) is 77.1 cm³/mol. The van der Waals surface area contributed by atoms with Gasteiger partial charge in [0.15, 0.2) is 14.6 Å². The van der Waals surface area contributed by atoms with E-state index >= 15 is 0 Å². The van der Waals surface area contributed by atoms with Gasteiger partial charge in [-0.2, -0.15) is 0 Å². The molecule has 1 rings (SSSR count). The van der Waals surface area contributed by atoms with Crippen molar-refractivity contribution in [1.82, 2.24) is 0 Å². The van der Waals surface area contributed by atoms with E-state index in [1.807, 2.05) is 0 Å². The number of carbonyl (C=O) groups excluding carboxylic acids is 1. The van der Waals surface area contributed by atoms with Crippen LogP contribution in [0.3, 0.4) is 0 Å². The normalized spacial score (nSPS) is 11.8. The standard InChI is InChI=1S/C13H17NO6S/c1-13(2,12(16)17)21(18,19)8-11(15)14-9-4-6-10(20-3)7-5-9/h4-7H,8H2,1-3H3,(H,14,15)(H,16,17). The number of sulfone groups is 1. The Morgan fingerprint density at radius 1 is 1.24 bits per heavy atom. The van der Waals surface area contributed by atoms with Crippen LogP contribution in [-0.2, 0) is 19.4 Å². The van der Waals surface area contributed by atoms with Crippen LogP contribution in [-0.4, -0.2) is 43.0 Å². The van der Waals surface area contributed by atoms with Gasteiger partial charge in [0.25, 0.3) is 0 Å². The van der Waals surface area contributed by atoms with Crippen LogP contribution in [0.15, 0.2) is 24.3 Å². The number of hydrogen-bond donors (Lipinski definition) is 2. The van der Waals surface area contributed by atoms with Gasteiger partial charge < -0.3 is 15.2 Å². The smallest absolute Gasteiger partial charge is 0.324 e. The second-order valence-electron chi connectivity index (χ2n) is 4.85. The lowest BCUT2D eigenvalue weighted by Gasteiger charge is -2.19. The first-order valence-electron chi connectivity index (χ1n) is 6.00. The molecule has 116 valence electrons. The van der Waals surface area contributed by atoms with E-state index in [0.29, 0.717) is 11.4 Å². The Bertz CT molecular complexity index is 633. The molecule has 1 amide bonds. The molecule has 1 aromatic rings. The zero-order chi connectivity index (χ0) is 16.3. The topological polar surface area (TPSA) is 110 Å². The van der Waals surface area contributed by atoms with Gasteiger partial charge in [-0.25, -0.2) is 8.42 Å². The fourth-order valence-electron chi connectivity index (χ4n) is 1.36. The van der Waals surface area contributed by atoms with Gasteiger partial charge in [0.2, 0.25) is 5.91 Å². The van der Waals surface area contributed by atoms with Crippen molar-refractivity contribution in [1.29, 1.82) is 0 Å². The number of ether oxygens (including phenoxy) is 1. The van der Waals surface area contributed by atoms with Gasteiger partial charge in [0, 0.05) is 5.69 Å². The van der Waals surface area contributed by atoms with Crippen molar-refractivity contribution in [3.05, 3.63) is 24.3 Å². The van der Waals surface area contributed by atoms with Crippen molar-refractivity contribution < 1.29 is 27.9 Å². The third kappa shape index (κ3) is 3.94. The lowest BCUT2D eigenvalue weighted by Crippen LogP contribution is -2.44. The first-order chi connectivity index (χ1) is 9.60. The monoisotopic (exact) mass is 315 g/mol. The van der Waals surface area contributed by atoms with Crippen LogP contribution in [0.2, 0.25) is 0 Å². The minimum absolute atomic E-state index is 0.393. The number of aliphatic carboxylic acids is 1. The number of amides is 1. The molecule has 7 nitrogen and oxygen atoms in total. The first-order valence-corrected chi connectivity index (χ1v) is 7.65. The maximum Gasteiger partial charge on any atom is 0.324 e. The number of benzene rings is 1. The average Bonchev–Trinajstić information content (AvgIpc) is 2.38. The summed E-state index contributed by atoms with van der Waals surface area (Å²) in [6, 6.07) is 6.30. The summed E-state index contributed by atoms with van der Waals surface area (Å²) in [5.74, 6) is -2.61. The lowest BCUT2D eigenvalue weighted by molar-refractivity contribution is -0.139. The number of carboxylic acids is 1. The van der Waals surface area contributed by atoms with E-state index in [9.17, 15) is 18.0 Å². The largest absolute Gasteiger partial charge is 0.497 e. The molecule has 0 spiro atoms. The van der Waals surface area contributed by atoms with Gasteiger partial charge in [-0.3, -0.25) is 9.59 Å². The highest BCUT2D eigenvalue weighted by Crippen LogP contribution is 2.19. The summed E-state index contributed by atoms with van der Waals surface area (Å²) in [6.07, 6.45) is 0. The Kier molecular flexibility index (Phi) is 4.95. The first kappa shape index (κ1) is 17.0. The van der Waals surface area contributed by atoms with Crippen molar-refractivity contribution in [3.8, 4) is 5.75 Å². The Hall–Kier alpha value is -2.09. The molecule has 0 radical (unpaired) electrons. The van der Waals surface area contributed by atoms with Crippen LogP contribution >= 0.6 is 0 Å². The lowest BCUT2D eigenvalue weighted by atomic mass is 10.2. The molecular formula is C13H17NO6S. The summed E-state index contributed by atoms with van der Waals surface area (Å²) in [4.78, 5) is 22.7. The van der Waals surface area contributed by atoms with E-state index in [4.69, 9.17) is 9.84 Å². The Morgan fingerprint density at radius 3 is 2.19 bits per heavy atom. The highest BCUT2D eigenvalue weighted by atomic mass is 32.2. The summed E-state index contributed by atoms with van der Waals surface area (Å²) in [7, 11) is -2.63. The molecule has 0 aliphatic rings. The van der Waals surface area contributed by atoms with E-state index in [-0.39, 0.29) is 0 Å². The summed E-state index contributed by atoms with van der Waals surface area (Å²) < 4.78 is 26.8. The van der Waals surface area contributed by atoms with Gasteiger partial charge >= 0.3 is 5.97 Å². The minimum Gasteiger partial charge on any atom is -0.497 e. The molecule has 0 aliphatic heterocycles. The zero-order valence-corrected chi connectivity index (χ0v) is 12.7. The average molecular weight is 315 g/mol. The quantitative estimate of drug-likeness (QED) is 0.807. The van der Waals surface area contributed by atoms with Gasteiger partial charge in [-0.05, 0) is 38.1 Å². The SMILES string of the molecule is COc1ccc(NC(=O)CS(=O)(=O)C(C)(C)C(=O)O)cc1. The maximum atomic E-state index is 11.9. The number of hydrogen-bond acceptors (Lipinski definition) is 5. The number of rotatable bonds is 6. The van der Waals surface area contributed by atoms with Crippen molar-refractivity contribution in [2.24, 2.45) is 0 Å². The van der Waals surface area contributed by atoms with Crippen LogP contribution in [0.25, 0.3) is 0 Å². The molecule has 1 aromatic carbocycles. The molecule has 0 saturated heterocycles. The molecule has 8 heteroatoms. The molecule has 0 heterocycles. The van der Waals surface area contributed by atoms with Crippen LogP contribution in [0, 0.1) is 0 Å². The zero-order valence-electron chi connectivity index (χ0n) is 11.9. The van der Waals surface area contributed by atoms with Gasteiger partial charge in [-0.15, -0.1) is 0 Å². The maximum absolute atomic E-state index is 11.9. The van der Waals surface area contributed by atoms with Gasteiger partial charge in [-0.1, -0.05) is 0 Å². The fraction of sp³-hybridized carbons (Fsp3) is 0.385. The van der Waals surface area contributed by atoms with Crippen molar-refractivity contribution >= 4 is 27.4 Å².